The largest absolute Gasteiger partial charge is 0.487 e. The predicted octanol–water partition coefficient (Wildman–Crippen LogP) is 2.60. The molecule has 2 aromatic carbocycles. The van der Waals surface area contributed by atoms with Gasteiger partial charge in [-0.15, -0.1) is 0 Å². The highest BCUT2D eigenvalue weighted by molar-refractivity contribution is 7.89. The van der Waals surface area contributed by atoms with Crippen molar-refractivity contribution in [3.05, 3.63) is 64.2 Å². The van der Waals surface area contributed by atoms with Crippen LogP contribution in [0.2, 0.25) is 0 Å². The third kappa shape index (κ3) is 3.25. The van der Waals surface area contributed by atoms with Crippen molar-refractivity contribution in [1.29, 1.82) is 0 Å². The lowest BCUT2D eigenvalue weighted by molar-refractivity contribution is -0.384. The summed E-state index contributed by atoms with van der Waals surface area (Å²) in [6, 6.07) is 12.5. The molecule has 4 rings (SSSR count). The summed E-state index contributed by atoms with van der Waals surface area (Å²) in [5.74, 6) is 0.771. The van der Waals surface area contributed by atoms with E-state index in [4.69, 9.17) is 10.5 Å². The molecule has 0 radical (unpaired) electrons. The fourth-order valence-corrected chi connectivity index (χ4v) is 5.44. The summed E-state index contributed by atoms with van der Waals surface area (Å²) >= 11 is 0. The predicted molar refractivity (Wildman–Crippen MR) is 102 cm³/mol. The van der Waals surface area contributed by atoms with Crippen molar-refractivity contribution in [2.75, 3.05) is 13.1 Å². The van der Waals surface area contributed by atoms with Crippen molar-refractivity contribution in [1.82, 2.24) is 4.31 Å². The lowest BCUT2D eigenvalue weighted by atomic mass is 9.81. The summed E-state index contributed by atoms with van der Waals surface area (Å²) in [5, 5.41) is 10.8. The highest BCUT2D eigenvalue weighted by Crippen LogP contribution is 2.43. The van der Waals surface area contributed by atoms with E-state index < -0.39 is 20.5 Å². The molecule has 0 bridgehead atoms. The first-order valence-electron chi connectivity index (χ1n) is 9.09. The van der Waals surface area contributed by atoms with Crippen LogP contribution in [0.15, 0.2) is 53.4 Å². The molecule has 0 amide bonds. The monoisotopic (exact) mass is 403 g/mol. The number of ether oxygens (including phenoxy) is 1. The molecular formula is C19H21N3O5S. The number of hydrogen-bond acceptors (Lipinski definition) is 6. The Morgan fingerprint density at radius 2 is 1.75 bits per heavy atom. The normalized spacial score (nSPS) is 21.7. The van der Waals surface area contributed by atoms with E-state index in [0.29, 0.717) is 32.4 Å². The molecule has 9 heteroatoms. The van der Waals surface area contributed by atoms with E-state index in [1.54, 1.807) is 0 Å². The van der Waals surface area contributed by atoms with Crippen LogP contribution in [0.5, 0.6) is 5.75 Å². The van der Waals surface area contributed by atoms with E-state index >= 15 is 0 Å². The van der Waals surface area contributed by atoms with Gasteiger partial charge in [0.25, 0.3) is 5.69 Å². The molecular weight excluding hydrogens is 382 g/mol. The van der Waals surface area contributed by atoms with Crippen molar-refractivity contribution < 1.29 is 18.1 Å². The van der Waals surface area contributed by atoms with Crippen LogP contribution < -0.4 is 10.5 Å². The van der Waals surface area contributed by atoms with Gasteiger partial charge in [-0.05, 0) is 18.2 Å². The van der Waals surface area contributed by atoms with Gasteiger partial charge in [-0.3, -0.25) is 10.1 Å². The number of rotatable bonds is 3. The Morgan fingerprint density at radius 1 is 1.11 bits per heavy atom. The van der Waals surface area contributed by atoms with Gasteiger partial charge in [-0.1, -0.05) is 18.2 Å². The summed E-state index contributed by atoms with van der Waals surface area (Å²) in [6.45, 7) is 0.627. The van der Waals surface area contributed by atoms with E-state index in [-0.39, 0.29) is 16.6 Å². The van der Waals surface area contributed by atoms with E-state index in [2.05, 4.69) is 0 Å². The molecule has 2 heterocycles. The first-order chi connectivity index (χ1) is 13.3. The lowest BCUT2D eigenvalue weighted by Gasteiger charge is -2.45. The summed E-state index contributed by atoms with van der Waals surface area (Å²) in [6.07, 6.45) is 1.73. The van der Waals surface area contributed by atoms with Crippen LogP contribution in [-0.4, -0.2) is 36.3 Å². The number of nitrogens with zero attached hydrogens (tertiary/aromatic N) is 2. The second-order valence-electron chi connectivity index (χ2n) is 7.29. The minimum atomic E-state index is -3.71. The number of non-ortho nitro benzene ring substituents is 1. The van der Waals surface area contributed by atoms with Crippen LogP contribution in [0.4, 0.5) is 5.69 Å². The number of sulfonamides is 1. The summed E-state index contributed by atoms with van der Waals surface area (Å²) in [7, 11) is -3.71. The summed E-state index contributed by atoms with van der Waals surface area (Å²) < 4.78 is 33.5. The average molecular weight is 403 g/mol. The van der Waals surface area contributed by atoms with Crippen LogP contribution in [0.3, 0.4) is 0 Å². The van der Waals surface area contributed by atoms with Gasteiger partial charge in [0.2, 0.25) is 10.0 Å². The van der Waals surface area contributed by atoms with Gasteiger partial charge in [0, 0.05) is 56.1 Å². The smallest absolute Gasteiger partial charge is 0.269 e. The van der Waals surface area contributed by atoms with E-state index in [9.17, 15) is 18.5 Å². The zero-order valence-corrected chi connectivity index (χ0v) is 16.0. The van der Waals surface area contributed by atoms with Crippen molar-refractivity contribution in [2.45, 2.75) is 35.8 Å². The number of para-hydroxylation sites is 1. The van der Waals surface area contributed by atoms with Gasteiger partial charge in [0.1, 0.15) is 11.4 Å². The molecule has 28 heavy (non-hydrogen) atoms. The molecule has 2 aliphatic rings. The molecule has 2 aliphatic heterocycles. The Morgan fingerprint density at radius 3 is 2.39 bits per heavy atom. The van der Waals surface area contributed by atoms with Gasteiger partial charge >= 0.3 is 0 Å². The summed E-state index contributed by atoms with van der Waals surface area (Å²) in [4.78, 5) is 10.3. The Bertz CT molecular complexity index is 998. The minimum Gasteiger partial charge on any atom is -0.487 e. The fraction of sp³-hybridized carbons (Fsp3) is 0.368. The first kappa shape index (κ1) is 18.9. The number of nitrogens with two attached hydrogens (primary N) is 1. The Hall–Kier alpha value is -2.49. The molecule has 2 aromatic rings. The number of benzene rings is 2. The van der Waals surface area contributed by atoms with Gasteiger partial charge in [0.05, 0.1) is 9.82 Å². The van der Waals surface area contributed by atoms with Gasteiger partial charge in [0.15, 0.2) is 0 Å². The maximum Gasteiger partial charge on any atom is 0.269 e. The Labute approximate surface area is 163 Å². The van der Waals surface area contributed by atoms with Crippen molar-refractivity contribution in [2.24, 2.45) is 5.73 Å². The Kier molecular flexibility index (Phi) is 4.60. The van der Waals surface area contributed by atoms with E-state index in [0.717, 1.165) is 11.3 Å². The van der Waals surface area contributed by atoms with Crippen LogP contribution >= 0.6 is 0 Å². The van der Waals surface area contributed by atoms with Gasteiger partial charge in [-0.2, -0.15) is 4.31 Å². The Balaban J connectivity index is 1.50. The second-order valence-corrected chi connectivity index (χ2v) is 9.23. The molecule has 2 N–H and O–H groups in total. The van der Waals surface area contributed by atoms with Crippen LogP contribution in [-0.2, 0) is 10.0 Å². The number of piperidine rings is 1. The number of fused-ring (bicyclic) bond motifs is 1. The van der Waals surface area contributed by atoms with Gasteiger partial charge < -0.3 is 10.5 Å². The second kappa shape index (κ2) is 6.84. The topological polar surface area (TPSA) is 116 Å². The van der Waals surface area contributed by atoms with Crippen LogP contribution in [0.1, 0.15) is 30.9 Å². The van der Waals surface area contributed by atoms with Gasteiger partial charge in [-0.25, -0.2) is 8.42 Å². The minimum absolute atomic E-state index is 0.0562. The zero-order valence-electron chi connectivity index (χ0n) is 15.2. The third-order valence-corrected chi connectivity index (χ3v) is 7.47. The first-order valence-corrected chi connectivity index (χ1v) is 10.5. The molecule has 0 aromatic heterocycles. The molecule has 148 valence electrons. The SMILES string of the molecule is NC1CC2(CCN(S(=O)(=O)c3ccc([N+](=O)[O-])cc3)CC2)Oc2ccccc21. The average Bonchev–Trinajstić information content (AvgIpc) is 2.68. The zero-order chi connectivity index (χ0) is 19.9. The lowest BCUT2D eigenvalue weighted by Crippen LogP contribution is -2.52. The molecule has 8 nitrogen and oxygen atoms in total. The third-order valence-electron chi connectivity index (χ3n) is 5.56. The van der Waals surface area contributed by atoms with Crippen LogP contribution in [0, 0.1) is 10.1 Å². The summed E-state index contributed by atoms with van der Waals surface area (Å²) in [5.41, 5.74) is 6.71. The highest BCUT2D eigenvalue weighted by atomic mass is 32.2. The molecule has 1 saturated heterocycles. The highest BCUT2D eigenvalue weighted by Gasteiger charge is 2.44. The maximum absolute atomic E-state index is 12.9. The number of hydrogen-bond donors (Lipinski definition) is 1. The molecule has 0 saturated carbocycles. The quantitative estimate of drug-likeness (QED) is 0.622. The van der Waals surface area contributed by atoms with Crippen molar-refractivity contribution in [3.8, 4) is 5.75 Å². The standard InChI is InChI=1S/C19H21N3O5S/c20-17-13-19(27-18-4-2-1-3-16(17)18)9-11-21(12-10-19)28(25,26)15-7-5-14(6-8-15)22(23)24/h1-8,17H,9-13,20H2. The van der Waals surface area contributed by atoms with E-state index in [1.807, 2.05) is 24.3 Å². The fourth-order valence-electron chi connectivity index (χ4n) is 3.99. The van der Waals surface area contributed by atoms with E-state index in [1.165, 1.54) is 28.6 Å². The van der Waals surface area contributed by atoms with Crippen LogP contribution in [0.25, 0.3) is 0 Å². The van der Waals surface area contributed by atoms with Crippen molar-refractivity contribution >= 4 is 15.7 Å². The van der Waals surface area contributed by atoms with Crippen molar-refractivity contribution in [3.63, 3.8) is 0 Å². The molecule has 1 atom stereocenters. The number of nitro groups is 1. The molecule has 1 spiro atoms. The maximum atomic E-state index is 12.9. The molecule has 1 unspecified atom stereocenters. The number of nitro benzene ring substituents is 1. The molecule has 0 aliphatic carbocycles. The molecule has 1 fully saturated rings.